The van der Waals surface area contributed by atoms with E-state index in [1.807, 2.05) is 11.0 Å². The smallest absolute Gasteiger partial charge is 0.275 e. The van der Waals surface area contributed by atoms with Crippen molar-refractivity contribution in [3.8, 4) is 5.75 Å². The van der Waals surface area contributed by atoms with Gasteiger partial charge in [0.2, 0.25) is 5.43 Å². The average molecular weight is 555 g/mol. The molecule has 1 unspecified atom stereocenters. The number of aromatic nitrogens is 1. The monoisotopic (exact) mass is 554 g/mol. The summed E-state index contributed by atoms with van der Waals surface area (Å²) in [5.41, 5.74) is -0.0523. The summed E-state index contributed by atoms with van der Waals surface area (Å²) >= 11 is 0. The second-order valence-corrected chi connectivity index (χ2v) is 11.8. The second kappa shape index (κ2) is 10.3. The van der Waals surface area contributed by atoms with Crippen molar-refractivity contribution in [2.45, 2.75) is 37.1 Å². The number of carbonyl (C=O) groups is 2. The van der Waals surface area contributed by atoms with Crippen molar-refractivity contribution in [3.63, 3.8) is 0 Å². The van der Waals surface area contributed by atoms with Crippen LogP contribution in [-0.4, -0.2) is 65.2 Å². The quantitative estimate of drug-likeness (QED) is 0.475. The third kappa shape index (κ3) is 5.30. The van der Waals surface area contributed by atoms with E-state index in [9.17, 15) is 32.3 Å². The third-order valence-corrected chi connectivity index (χ3v) is 8.14. The highest BCUT2D eigenvalue weighted by Crippen LogP contribution is 2.29. The molecular formula is C27H27FN4O6S. The van der Waals surface area contributed by atoms with E-state index in [0.29, 0.717) is 31.6 Å². The zero-order chi connectivity index (χ0) is 27.9. The van der Waals surface area contributed by atoms with E-state index in [4.69, 9.17) is 0 Å². The number of nitrogens with zero attached hydrogens (tertiary/aromatic N) is 3. The number of halogens is 1. The highest BCUT2D eigenvalue weighted by atomic mass is 32.2. The van der Waals surface area contributed by atoms with E-state index in [1.165, 1.54) is 41.1 Å². The number of aromatic hydroxyl groups is 1. The molecule has 0 radical (unpaired) electrons. The summed E-state index contributed by atoms with van der Waals surface area (Å²) in [6.45, 7) is 1.68. The van der Waals surface area contributed by atoms with E-state index >= 15 is 0 Å². The predicted molar refractivity (Wildman–Crippen MR) is 139 cm³/mol. The summed E-state index contributed by atoms with van der Waals surface area (Å²) < 4.78 is 38.6. The van der Waals surface area contributed by atoms with E-state index in [1.54, 1.807) is 17.0 Å². The molecule has 3 heterocycles. The molecule has 0 aliphatic carbocycles. The van der Waals surface area contributed by atoms with Crippen molar-refractivity contribution in [2.24, 2.45) is 0 Å². The lowest BCUT2D eigenvalue weighted by Gasteiger charge is -2.47. The van der Waals surface area contributed by atoms with Crippen LogP contribution < -0.4 is 10.7 Å². The van der Waals surface area contributed by atoms with Crippen LogP contribution >= 0.6 is 0 Å². The van der Waals surface area contributed by atoms with Crippen molar-refractivity contribution < 1.29 is 27.5 Å². The molecule has 1 atom stereocenters. The first-order valence-electron chi connectivity index (χ1n) is 12.4. The van der Waals surface area contributed by atoms with Crippen LogP contribution in [0.25, 0.3) is 0 Å². The molecule has 1 aromatic heterocycles. The maximum atomic E-state index is 13.4. The summed E-state index contributed by atoms with van der Waals surface area (Å²) in [7, 11) is -3.38. The minimum atomic E-state index is -3.38. The Morgan fingerprint density at radius 3 is 2.56 bits per heavy atom. The molecule has 0 saturated carbocycles. The normalized spacial score (nSPS) is 17.4. The third-order valence-electron chi connectivity index (χ3n) is 7.03. The first kappa shape index (κ1) is 26.6. The number of carbonyl (C=O) groups excluding carboxylic acids is 2. The van der Waals surface area contributed by atoms with Crippen LogP contribution in [-0.2, 0) is 29.5 Å². The average Bonchev–Trinajstić information content (AvgIpc) is 2.90. The van der Waals surface area contributed by atoms with E-state index in [0.717, 1.165) is 11.8 Å². The number of rotatable bonds is 6. The van der Waals surface area contributed by atoms with Crippen LogP contribution in [0.15, 0.2) is 64.4 Å². The van der Waals surface area contributed by atoms with Crippen molar-refractivity contribution in [1.29, 1.82) is 0 Å². The molecule has 204 valence electrons. The van der Waals surface area contributed by atoms with Crippen molar-refractivity contribution in [2.75, 3.05) is 19.3 Å². The first-order chi connectivity index (χ1) is 18.5. The molecule has 5 rings (SSSR count). The summed E-state index contributed by atoms with van der Waals surface area (Å²) in [5.74, 6) is -2.45. The number of benzene rings is 2. The van der Waals surface area contributed by atoms with Crippen LogP contribution in [0.2, 0.25) is 0 Å². The number of amides is 2. The van der Waals surface area contributed by atoms with Crippen LogP contribution in [0, 0.1) is 5.82 Å². The van der Waals surface area contributed by atoms with Gasteiger partial charge in [0.1, 0.15) is 17.5 Å². The number of hydrogen-bond acceptors (Lipinski definition) is 7. The molecule has 1 saturated heterocycles. The van der Waals surface area contributed by atoms with Gasteiger partial charge in [-0.2, -0.15) is 0 Å². The van der Waals surface area contributed by atoms with Gasteiger partial charge in [0.05, 0.1) is 11.4 Å². The van der Waals surface area contributed by atoms with Gasteiger partial charge >= 0.3 is 0 Å². The minimum absolute atomic E-state index is 0.0384. The summed E-state index contributed by atoms with van der Waals surface area (Å²) in [4.78, 5) is 42.9. The number of sulfone groups is 1. The zero-order valence-electron chi connectivity index (χ0n) is 21.1. The fourth-order valence-corrected chi connectivity index (χ4v) is 5.75. The molecule has 10 nitrogen and oxygen atoms in total. The maximum absolute atomic E-state index is 13.4. The molecule has 2 amide bonds. The minimum Gasteiger partial charge on any atom is -0.503 e. The van der Waals surface area contributed by atoms with Crippen molar-refractivity contribution >= 4 is 21.7 Å². The topological polar surface area (TPSA) is 129 Å². The number of fused-ring (bicyclic) bond motifs is 2. The van der Waals surface area contributed by atoms with E-state index in [-0.39, 0.29) is 29.2 Å². The maximum Gasteiger partial charge on any atom is 0.275 e. The molecule has 2 aromatic carbocycles. The Balaban J connectivity index is 1.41. The zero-order valence-corrected chi connectivity index (χ0v) is 21.9. The Labute approximate surface area is 224 Å². The van der Waals surface area contributed by atoms with E-state index in [2.05, 4.69) is 5.32 Å². The highest BCUT2D eigenvalue weighted by Gasteiger charge is 2.40. The highest BCUT2D eigenvalue weighted by molar-refractivity contribution is 7.90. The Morgan fingerprint density at radius 1 is 1.10 bits per heavy atom. The number of pyridine rings is 1. The van der Waals surface area contributed by atoms with Gasteiger partial charge in [-0.3, -0.25) is 19.3 Å². The fraction of sp³-hybridized carbons (Fsp3) is 0.296. The van der Waals surface area contributed by atoms with Crippen LogP contribution in [0.3, 0.4) is 0 Å². The molecule has 1 fully saturated rings. The molecule has 0 spiro atoms. The van der Waals surface area contributed by atoms with E-state index < -0.39 is 44.8 Å². The lowest BCUT2D eigenvalue weighted by molar-refractivity contribution is -0.0140. The predicted octanol–water partition coefficient (Wildman–Crippen LogP) is 1.71. The van der Waals surface area contributed by atoms with Gasteiger partial charge in [-0.15, -0.1) is 0 Å². The molecule has 39 heavy (non-hydrogen) atoms. The van der Waals surface area contributed by atoms with Gasteiger partial charge < -0.3 is 19.9 Å². The summed E-state index contributed by atoms with van der Waals surface area (Å²) in [6, 6.07) is 12.2. The Kier molecular flexibility index (Phi) is 7.00. The van der Waals surface area contributed by atoms with Crippen molar-refractivity contribution in [3.05, 3.63) is 93.2 Å². The Hall–Kier alpha value is -4.03. The van der Waals surface area contributed by atoms with Crippen molar-refractivity contribution in [1.82, 2.24) is 19.7 Å². The molecular weight excluding hydrogens is 527 g/mol. The molecule has 2 aliphatic heterocycles. The molecule has 0 bridgehead atoms. The molecule has 12 heteroatoms. The van der Waals surface area contributed by atoms with Crippen LogP contribution in [0.4, 0.5) is 4.39 Å². The van der Waals surface area contributed by atoms with Crippen LogP contribution in [0.5, 0.6) is 5.75 Å². The lowest BCUT2D eigenvalue weighted by atomic mass is 10.1. The fourth-order valence-electron chi connectivity index (χ4n) is 5.06. The first-order valence-corrected chi connectivity index (χ1v) is 14.2. The summed E-state index contributed by atoms with van der Waals surface area (Å²) in [5, 5.41) is 13.3. The number of nitrogens with one attached hydrogen (secondary N) is 1. The van der Waals surface area contributed by atoms with Gasteiger partial charge in [-0.25, -0.2) is 12.8 Å². The van der Waals surface area contributed by atoms with Gasteiger partial charge in [0.25, 0.3) is 11.8 Å². The van der Waals surface area contributed by atoms with Gasteiger partial charge in [0, 0.05) is 38.6 Å². The Bertz CT molecular complexity index is 1620. The SMILES string of the molecule is CS(=O)(=O)c1cccc(CN2CCCN3C(=O)c4c(O)c(=O)c(C(=O)NCc5ccc(F)cc5)cn4CC23)c1. The summed E-state index contributed by atoms with van der Waals surface area (Å²) in [6.07, 6.45) is 2.65. The largest absolute Gasteiger partial charge is 0.503 e. The second-order valence-electron chi connectivity index (χ2n) is 9.75. The van der Waals surface area contributed by atoms with Gasteiger partial charge in [-0.05, 0) is 41.8 Å². The Morgan fingerprint density at radius 2 is 1.85 bits per heavy atom. The lowest BCUT2D eigenvalue weighted by Crippen LogP contribution is -2.60. The van der Waals surface area contributed by atoms with Gasteiger partial charge in [0.15, 0.2) is 21.3 Å². The number of hydrogen-bond donors (Lipinski definition) is 2. The molecule has 2 aliphatic rings. The molecule has 2 N–H and O–H groups in total. The van der Waals surface area contributed by atoms with Crippen LogP contribution in [0.1, 0.15) is 38.4 Å². The standard InChI is InChI=1S/C27H27FN4O6S/c1-39(37,38)20-5-2-4-18(12-20)14-30-10-3-11-32-22(30)16-31-15-21(24(33)25(34)23(31)27(32)36)26(35)29-13-17-6-8-19(28)9-7-17/h2,4-9,12,15,22,34H,3,10-11,13-14,16H2,1H3,(H,29,35). The van der Waals surface area contributed by atoms with Gasteiger partial charge in [-0.1, -0.05) is 24.3 Å². The molecule has 3 aromatic rings.